The SMILES string of the molecule is C[P@]1(=O)OC[C@@]2(CCC[C@@]3(S(=O)(=O)c4ccc(Cl)cc4)c4c(F)ccc(F)c4OC[C@@H]23)CO1. The molecule has 3 aliphatic rings. The molecule has 1 saturated carbocycles. The van der Waals surface area contributed by atoms with Crippen LogP contribution in [0.3, 0.4) is 0 Å². The van der Waals surface area contributed by atoms with Gasteiger partial charge in [0.05, 0.1) is 30.3 Å². The van der Waals surface area contributed by atoms with E-state index >= 15 is 4.39 Å². The normalized spacial score (nSPS) is 33.8. The summed E-state index contributed by atoms with van der Waals surface area (Å²) >= 11 is 5.97. The summed E-state index contributed by atoms with van der Waals surface area (Å²) in [6.45, 7) is 1.11. The van der Waals surface area contributed by atoms with Crippen LogP contribution in [0.15, 0.2) is 41.3 Å². The monoisotopic (exact) mass is 518 g/mol. The maximum atomic E-state index is 15.4. The summed E-state index contributed by atoms with van der Waals surface area (Å²) < 4.78 is 86.0. The number of rotatable bonds is 2. The van der Waals surface area contributed by atoms with Crippen molar-refractivity contribution in [3.05, 3.63) is 58.6 Å². The van der Waals surface area contributed by atoms with Crippen LogP contribution in [0.25, 0.3) is 0 Å². The van der Waals surface area contributed by atoms with Gasteiger partial charge in [-0.15, -0.1) is 0 Å². The Labute approximate surface area is 195 Å². The van der Waals surface area contributed by atoms with Crippen LogP contribution in [0.1, 0.15) is 24.8 Å². The first kappa shape index (κ1) is 23.2. The van der Waals surface area contributed by atoms with E-state index in [1.165, 1.54) is 30.9 Å². The summed E-state index contributed by atoms with van der Waals surface area (Å²) in [5.74, 6) is -2.91. The van der Waals surface area contributed by atoms with E-state index in [1.54, 1.807) is 0 Å². The zero-order chi connectivity index (χ0) is 23.6. The fourth-order valence-corrected chi connectivity index (χ4v) is 9.25. The van der Waals surface area contributed by atoms with E-state index in [0.717, 1.165) is 12.1 Å². The van der Waals surface area contributed by atoms with Crippen molar-refractivity contribution in [3.8, 4) is 5.75 Å². The van der Waals surface area contributed by atoms with E-state index in [-0.39, 0.29) is 42.4 Å². The molecular formula is C22H22ClF2O6PS. The molecule has 0 radical (unpaired) electrons. The average molecular weight is 519 g/mol. The zero-order valence-corrected chi connectivity index (χ0v) is 20.2. The molecule has 2 aromatic rings. The molecule has 0 amide bonds. The van der Waals surface area contributed by atoms with E-state index in [1.807, 2.05) is 0 Å². The van der Waals surface area contributed by atoms with Crippen LogP contribution in [0.4, 0.5) is 8.78 Å². The maximum absolute atomic E-state index is 15.4. The minimum atomic E-state index is -4.28. The largest absolute Gasteiger partial charge is 0.490 e. The lowest BCUT2D eigenvalue weighted by atomic mass is 9.59. The van der Waals surface area contributed by atoms with Crippen LogP contribution in [0, 0.1) is 23.0 Å². The van der Waals surface area contributed by atoms with Crippen LogP contribution < -0.4 is 4.74 Å². The topological polar surface area (TPSA) is 78.9 Å². The Morgan fingerprint density at radius 1 is 1.03 bits per heavy atom. The standard InChI is InChI=1S/C22H22ClF2O6PS/c1-32(26)30-12-21(13-31-32)9-2-10-22(33(27,28)15-5-3-14(23)4-6-15)18(21)11-29-20-17(25)8-7-16(24)19(20)22/h3-8,18H,2,9-13H2,1H3/t18-,21-,22-,32-/m0/s1. The molecule has 0 N–H and O–H groups in total. The van der Waals surface area contributed by atoms with Gasteiger partial charge in [-0.2, -0.15) is 0 Å². The van der Waals surface area contributed by atoms with Crippen LogP contribution >= 0.6 is 19.2 Å². The van der Waals surface area contributed by atoms with Crippen LogP contribution in [0.5, 0.6) is 5.75 Å². The van der Waals surface area contributed by atoms with Gasteiger partial charge in [-0.1, -0.05) is 18.0 Å². The molecule has 2 aliphatic heterocycles. The summed E-state index contributed by atoms with van der Waals surface area (Å²) in [6, 6.07) is 7.47. The Morgan fingerprint density at radius 3 is 2.33 bits per heavy atom. The molecular weight excluding hydrogens is 497 g/mol. The molecule has 2 heterocycles. The Morgan fingerprint density at radius 2 is 1.67 bits per heavy atom. The fourth-order valence-electron chi connectivity index (χ4n) is 5.59. The second-order valence-corrected chi connectivity index (χ2v) is 13.7. The molecule has 0 bridgehead atoms. The van der Waals surface area contributed by atoms with Gasteiger partial charge >= 0.3 is 7.60 Å². The van der Waals surface area contributed by atoms with Crippen molar-refractivity contribution in [2.75, 3.05) is 26.5 Å². The molecule has 5 rings (SSSR count). The summed E-state index contributed by atoms with van der Waals surface area (Å²) in [5, 5.41) is 0.348. The summed E-state index contributed by atoms with van der Waals surface area (Å²) in [6.07, 6.45) is 0.954. The van der Waals surface area contributed by atoms with Gasteiger partial charge in [0.25, 0.3) is 0 Å². The highest BCUT2D eigenvalue weighted by atomic mass is 35.5. The molecule has 6 nitrogen and oxygen atoms in total. The first-order valence-corrected chi connectivity index (χ1v) is 14.4. The lowest BCUT2D eigenvalue weighted by Gasteiger charge is -2.57. The number of sulfone groups is 1. The Hall–Kier alpha value is -1.51. The fraction of sp³-hybridized carbons (Fsp3) is 0.455. The summed E-state index contributed by atoms with van der Waals surface area (Å²) in [5.41, 5.74) is -1.21. The van der Waals surface area contributed by atoms with Crippen molar-refractivity contribution in [1.29, 1.82) is 0 Å². The minimum absolute atomic E-state index is 0.0288. The predicted octanol–water partition coefficient (Wildman–Crippen LogP) is 5.34. The Balaban J connectivity index is 1.78. The molecule has 0 unspecified atom stereocenters. The third-order valence-electron chi connectivity index (χ3n) is 7.18. The van der Waals surface area contributed by atoms with Gasteiger partial charge in [0.2, 0.25) is 0 Å². The Kier molecular flexibility index (Phi) is 5.46. The van der Waals surface area contributed by atoms with Gasteiger partial charge in [0, 0.05) is 23.0 Å². The number of halogens is 3. The van der Waals surface area contributed by atoms with Gasteiger partial charge in [0.1, 0.15) is 10.6 Å². The van der Waals surface area contributed by atoms with Gasteiger partial charge < -0.3 is 13.8 Å². The number of hydrogen-bond donors (Lipinski definition) is 0. The van der Waals surface area contributed by atoms with Crippen molar-refractivity contribution in [1.82, 2.24) is 0 Å². The smallest absolute Gasteiger partial charge is 0.327 e. The van der Waals surface area contributed by atoms with E-state index in [4.69, 9.17) is 25.4 Å². The van der Waals surface area contributed by atoms with Crippen molar-refractivity contribution in [2.24, 2.45) is 11.3 Å². The van der Waals surface area contributed by atoms with Crippen molar-refractivity contribution < 1.29 is 35.5 Å². The quantitative estimate of drug-likeness (QED) is 0.500. The Bertz CT molecular complexity index is 1260. The van der Waals surface area contributed by atoms with Gasteiger partial charge in [-0.05, 0) is 49.2 Å². The van der Waals surface area contributed by atoms with Gasteiger partial charge in [-0.25, -0.2) is 17.2 Å². The van der Waals surface area contributed by atoms with Crippen molar-refractivity contribution >= 4 is 29.0 Å². The predicted molar refractivity (Wildman–Crippen MR) is 117 cm³/mol. The van der Waals surface area contributed by atoms with E-state index in [0.29, 0.717) is 17.9 Å². The average Bonchev–Trinajstić information content (AvgIpc) is 2.78. The highest BCUT2D eigenvalue weighted by Gasteiger charge is 2.66. The third-order valence-corrected chi connectivity index (χ3v) is 11.2. The maximum Gasteiger partial charge on any atom is 0.327 e. The summed E-state index contributed by atoms with van der Waals surface area (Å²) in [4.78, 5) is -0.0516. The van der Waals surface area contributed by atoms with Crippen molar-refractivity contribution in [3.63, 3.8) is 0 Å². The highest BCUT2D eigenvalue weighted by molar-refractivity contribution is 7.92. The highest BCUT2D eigenvalue weighted by Crippen LogP contribution is 2.64. The number of ether oxygens (including phenoxy) is 1. The van der Waals surface area contributed by atoms with E-state index in [2.05, 4.69) is 0 Å². The second kappa shape index (κ2) is 7.75. The van der Waals surface area contributed by atoms with Gasteiger partial charge in [0.15, 0.2) is 21.4 Å². The minimum Gasteiger partial charge on any atom is -0.490 e. The van der Waals surface area contributed by atoms with E-state index in [9.17, 15) is 17.4 Å². The molecule has 2 aromatic carbocycles. The van der Waals surface area contributed by atoms with Crippen LogP contribution in [-0.4, -0.2) is 34.9 Å². The number of benzene rings is 2. The van der Waals surface area contributed by atoms with Gasteiger partial charge in [-0.3, -0.25) is 4.57 Å². The molecule has 0 aromatic heterocycles. The molecule has 1 aliphatic carbocycles. The first-order chi connectivity index (χ1) is 15.5. The lowest BCUT2D eigenvalue weighted by molar-refractivity contribution is -0.0844. The zero-order valence-electron chi connectivity index (χ0n) is 17.7. The molecule has 1 spiro atoms. The van der Waals surface area contributed by atoms with Crippen LogP contribution in [-0.2, 0) is 28.2 Å². The molecule has 33 heavy (non-hydrogen) atoms. The van der Waals surface area contributed by atoms with Crippen LogP contribution in [0.2, 0.25) is 5.02 Å². The molecule has 11 heteroatoms. The number of fused-ring (bicyclic) bond motifs is 4. The summed E-state index contributed by atoms with van der Waals surface area (Å²) in [7, 11) is -7.56. The lowest BCUT2D eigenvalue weighted by Crippen LogP contribution is -2.61. The first-order valence-electron chi connectivity index (χ1n) is 10.5. The third kappa shape index (κ3) is 3.39. The second-order valence-electron chi connectivity index (χ2n) is 8.98. The molecule has 2 atom stereocenters. The van der Waals surface area contributed by atoms with Crippen molar-refractivity contribution in [2.45, 2.75) is 28.9 Å². The molecule has 2 fully saturated rings. The molecule has 1 saturated heterocycles. The number of hydrogen-bond acceptors (Lipinski definition) is 6. The van der Waals surface area contributed by atoms with E-state index < -0.39 is 45.1 Å². The molecule has 178 valence electrons.